The average Bonchev–Trinajstić information content (AvgIpc) is 2.38. The number of rotatable bonds is 3. The largest absolute Gasteiger partial charge is 0.508 e. The lowest BCUT2D eigenvalue weighted by atomic mass is 9.76. The molecule has 0 radical (unpaired) electrons. The molecule has 0 saturated heterocycles. The number of nitrogens with one attached hydrogen (secondary N) is 1. The van der Waals surface area contributed by atoms with Crippen molar-refractivity contribution < 1.29 is 5.11 Å². The van der Waals surface area contributed by atoms with E-state index in [-0.39, 0.29) is 0 Å². The summed E-state index contributed by atoms with van der Waals surface area (Å²) >= 11 is 0. The second-order valence-corrected chi connectivity index (χ2v) is 5.42. The van der Waals surface area contributed by atoms with E-state index in [4.69, 9.17) is 0 Å². The fraction of sp³-hybridized carbons (Fsp3) is 0.294. The predicted octanol–water partition coefficient (Wildman–Crippen LogP) is 4.06. The molecule has 0 aromatic heterocycles. The molecule has 2 N–H and O–H groups in total. The zero-order valence-electron chi connectivity index (χ0n) is 11.1. The summed E-state index contributed by atoms with van der Waals surface area (Å²) < 4.78 is 0. The molecule has 1 aliphatic rings. The fourth-order valence-corrected chi connectivity index (χ4v) is 2.67. The number of phenols is 1. The Labute approximate surface area is 114 Å². The number of phenolic OH excluding ortho intramolecular Hbond substituents is 1. The predicted molar refractivity (Wildman–Crippen MR) is 78.7 cm³/mol. The van der Waals surface area contributed by atoms with Gasteiger partial charge in [0, 0.05) is 17.8 Å². The number of anilines is 1. The Hall–Kier alpha value is -1.96. The van der Waals surface area contributed by atoms with Crippen molar-refractivity contribution in [2.45, 2.75) is 31.7 Å². The molecule has 0 heterocycles. The van der Waals surface area contributed by atoms with Crippen molar-refractivity contribution >= 4 is 5.69 Å². The first-order valence-electron chi connectivity index (χ1n) is 6.83. The Morgan fingerprint density at radius 1 is 1.05 bits per heavy atom. The topological polar surface area (TPSA) is 32.3 Å². The van der Waals surface area contributed by atoms with Crippen LogP contribution in [0.15, 0.2) is 48.5 Å². The first-order chi connectivity index (χ1) is 9.22. The third-order valence-corrected chi connectivity index (χ3v) is 3.99. The van der Waals surface area contributed by atoms with Gasteiger partial charge in [-0.25, -0.2) is 0 Å². The number of aromatic hydroxyl groups is 1. The van der Waals surface area contributed by atoms with Crippen molar-refractivity contribution in [3.05, 3.63) is 59.7 Å². The summed E-state index contributed by atoms with van der Waals surface area (Å²) in [5, 5.41) is 13.2. The van der Waals surface area contributed by atoms with Gasteiger partial charge in [0.05, 0.1) is 0 Å². The van der Waals surface area contributed by atoms with Gasteiger partial charge in [-0.15, -0.1) is 0 Å². The Morgan fingerprint density at radius 2 is 1.79 bits per heavy atom. The summed E-state index contributed by atoms with van der Waals surface area (Å²) in [6.07, 6.45) is 2.33. The molecule has 2 aromatic carbocycles. The normalized spacial score (nSPS) is 21.7. The van der Waals surface area contributed by atoms with E-state index < -0.39 is 0 Å². The maximum Gasteiger partial charge on any atom is 0.120 e. The van der Waals surface area contributed by atoms with Gasteiger partial charge in [0.1, 0.15) is 5.75 Å². The second-order valence-electron chi connectivity index (χ2n) is 5.42. The zero-order valence-corrected chi connectivity index (χ0v) is 11.1. The Balaban J connectivity index is 1.58. The Morgan fingerprint density at radius 3 is 2.47 bits per heavy atom. The lowest BCUT2D eigenvalue weighted by Gasteiger charge is -2.37. The summed E-state index contributed by atoms with van der Waals surface area (Å²) in [5.74, 6) is 1.04. The van der Waals surface area contributed by atoms with E-state index in [1.165, 1.54) is 18.4 Å². The molecule has 0 spiro atoms. The third kappa shape index (κ3) is 2.58. The molecule has 2 heteroatoms. The monoisotopic (exact) mass is 253 g/mol. The van der Waals surface area contributed by atoms with E-state index in [0.717, 1.165) is 11.3 Å². The number of hydrogen-bond acceptors (Lipinski definition) is 2. The standard InChI is InChI=1S/C17H19NO/c1-12-7-8-15(11-17(12)19)18-16-9-14(10-16)13-5-3-2-4-6-13/h2-8,11,14,16,18-19H,9-10H2,1H3. The molecule has 0 bridgehead atoms. The number of aryl methyl sites for hydroxylation is 1. The minimum Gasteiger partial charge on any atom is -0.508 e. The second kappa shape index (κ2) is 4.96. The average molecular weight is 253 g/mol. The minimum atomic E-state index is 0.365. The van der Waals surface area contributed by atoms with E-state index in [2.05, 4.69) is 35.6 Å². The lowest BCUT2D eigenvalue weighted by molar-refractivity contribution is 0.374. The van der Waals surface area contributed by atoms with Crippen LogP contribution < -0.4 is 5.32 Å². The van der Waals surface area contributed by atoms with Crippen molar-refractivity contribution in [2.75, 3.05) is 5.32 Å². The number of benzene rings is 2. The maximum atomic E-state index is 9.69. The molecule has 0 atom stereocenters. The van der Waals surface area contributed by atoms with Crippen LogP contribution in [0, 0.1) is 6.92 Å². The van der Waals surface area contributed by atoms with E-state index in [1.807, 2.05) is 25.1 Å². The van der Waals surface area contributed by atoms with Crippen molar-refractivity contribution in [1.29, 1.82) is 0 Å². The van der Waals surface area contributed by atoms with Crippen LogP contribution in [0.25, 0.3) is 0 Å². The summed E-state index contributed by atoms with van der Waals surface area (Å²) in [4.78, 5) is 0. The van der Waals surface area contributed by atoms with Crippen molar-refractivity contribution in [3.63, 3.8) is 0 Å². The van der Waals surface area contributed by atoms with Gasteiger partial charge >= 0.3 is 0 Å². The summed E-state index contributed by atoms with van der Waals surface area (Å²) in [6, 6.07) is 17.0. The van der Waals surface area contributed by atoms with Gasteiger partial charge in [-0.1, -0.05) is 36.4 Å². The highest BCUT2D eigenvalue weighted by atomic mass is 16.3. The van der Waals surface area contributed by atoms with Crippen LogP contribution in [0.3, 0.4) is 0 Å². The highest BCUT2D eigenvalue weighted by Crippen LogP contribution is 2.38. The fourth-order valence-electron chi connectivity index (χ4n) is 2.67. The first kappa shape index (κ1) is 12.1. The van der Waals surface area contributed by atoms with E-state index >= 15 is 0 Å². The summed E-state index contributed by atoms with van der Waals surface area (Å²) in [5.41, 5.74) is 3.37. The third-order valence-electron chi connectivity index (χ3n) is 3.99. The van der Waals surface area contributed by atoms with Gasteiger partial charge in [-0.2, -0.15) is 0 Å². The molecule has 1 saturated carbocycles. The zero-order chi connectivity index (χ0) is 13.2. The van der Waals surface area contributed by atoms with E-state index in [9.17, 15) is 5.11 Å². The van der Waals surface area contributed by atoms with Crippen molar-refractivity contribution in [3.8, 4) is 5.75 Å². The van der Waals surface area contributed by atoms with E-state index in [0.29, 0.717) is 17.7 Å². The molecule has 2 nitrogen and oxygen atoms in total. The van der Waals surface area contributed by atoms with Gasteiger partial charge in [0.15, 0.2) is 0 Å². The molecule has 1 fully saturated rings. The minimum absolute atomic E-state index is 0.365. The number of hydrogen-bond donors (Lipinski definition) is 2. The first-order valence-corrected chi connectivity index (χ1v) is 6.83. The van der Waals surface area contributed by atoms with Crippen LogP contribution in [0.5, 0.6) is 5.75 Å². The highest BCUT2D eigenvalue weighted by molar-refractivity contribution is 5.52. The lowest BCUT2D eigenvalue weighted by Crippen LogP contribution is -2.33. The van der Waals surface area contributed by atoms with Gasteiger partial charge in [0.25, 0.3) is 0 Å². The molecule has 19 heavy (non-hydrogen) atoms. The molecule has 0 amide bonds. The summed E-state index contributed by atoms with van der Waals surface area (Å²) in [7, 11) is 0. The van der Waals surface area contributed by atoms with Gasteiger partial charge in [-0.3, -0.25) is 0 Å². The molecule has 3 rings (SSSR count). The molecule has 0 aliphatic heterocycles. The smallest absolute Gasteiger partial charge is 0.120 e. The molecular formula is C17H19NO. The van der Waals surface area contributed by atoms with Gasteiger partial charge < -0.3 is 10.4 Å². The van der Waals surface area contributed by atoms with Crippen LogP contribution in [-0.4, -0.2) is 11.1 Å². The molecule has 2 aromatic rings. The molecule has 0 unspecified atom stereocenters. The molecular weight excluding hydrogens is 234 g/mol. The Bertz CT molecular complexity index is 559. The van der Waals surface area contributed by atoms with Gasteiger partial charge in [-0.05, 0) is 42.9 Å². The van der Waals surface area contributed by atoms with Crippen LogP contribution in [0.2, 0.25) is 0 Å². The van der Waals surface area contributed by atoms with Crippen LogP contribution in [-0.2, 0) is 0 Å². The quantitative estimate of drug-likeness (QED) is 0.864. The van der Waals surface area contributed by atoms with E-state index in [1.54, 1.807) is 0 Å². The van der Waals surface area contributed by atoms with Crippen molar-refractivity contribution in [1.82, 2.24) is 0 Å². The molecule has 1 aliphatic carbocycles. The highest BCUT2D eigenvalue weighted by Gasteiger charge is 2.29. The van der Waals surface area contributed by atoms with Crippen molar-refractivity contribution in [2.24, 2.45) is 0 Å². The SMILES string of the molecule is Cc1ccc(NC2CC(c3ccccc3)C2)cc1O. The van der Waals surface area contributed by atoms with Crippen LogP contribution in [0.4, 0.5) is 5.69 Å². The molecule has 98 valence electrons. The van der Waals surface area contributed by atoms with Crippen LogP contribution in [0.1, 0.15) is 29.9 Å². The van der Waals surface area contributed by atoms with Crippen LogP contribution >= 0.6 is 0 Å². The van der Waals surface area contributed by atoms with Gasteiger partial charge in [0.2, 0.25) is 0 Å². The summed E-state index contributed by atoms with van der Waals surface area (Å²) in [6.45, 7) is 1.91. The Kier molecular flexibility index (Phi) is 3.16. The maximum absolute atomic E-state index is 9.69.